The zero-order valence-corrected chi connectivity index (χ0v) is 9.90. The van der Waals surface area contributed by atoms with Crippen molar-refractivity contribution in [1.82, 2.24) is 15.4 Å². The average molecular weight is 238 g/mol. The lowest BCUT2D eigenvalue weighted by Crippen LogP contribution is -2.37. The SMILES string of the molecule is CCOC(=O)C(=O)NNc1nc(C)cc(C)n1. The Morgan fingerprint density at radius 1 is 1.29 bits per heavy atom. The van der Waals surface area contributed by atoms with E-state index in [2.05, 4.69) is 25.6 Å². The number of nitrogens with zero attached hydrogens (tertiary/aromatic N) is 2. The number of hydrazine groups is 1. The molecule has 0 spiro atoms. The molecule has 0 unspecified atom stereocenters. The zero-order chi connectivity index (χ0) is 12.8. The number of ether oxygens (including phenoxy) is 1. The van der Waals surface area contributed by atoms with E-state index in [0.29, 0.717) is 0 Å². The van der Waals surface area contributed by atoms with Gasteiger partial charge < -0.3 is 4.74 Å². The van der Waals surface area contributed by atoms with Crippen LogP contribution in [0.4, 0.5) is 5.95 Å². The highest BCUT2D eigenvalue weighted by atomic mass is 16.5. The first-order chi connectivity index (χ1) is 8.02. The van der Waals surface area contributed by atoms with Gasteiger partial charge in [0.05, 0.1) is 6.61 Å². The second-order valence-electron chi connectivity index (χ2n) is 3.27. The molecule has 17 heavy (non-hydrogen) atoms. The van der Waals surface area contributed by atoms with Gasteiger partial charge in [0.1, 0.15) is 0 Å². The van der Waals surface area contributed by atoms with Crippen molar-refractivity contribution >= 4 is 17.8 Å². The molecule has 0 radical (unpaired) electrons. The number of aromatic nitrogens is 2. The van der Waals surface area contributed by atoms with Crippen LogP contribution in [0.5, 0.6) is 0 Å². The zero-order valence-electron chi connectivity index (χ0n) is 9.90. The van der Waals surface area contributed by atoms with Gasteiger partial charge >= 0.3 is 11.9 Å². The molecule has 7 heteroatoms. The van der Waals surface area contributed by atoms with Gasteiger partial charge in [-0.05, 0) is 26.8 Å². The van der Waals surface area contributed by atoms with E-state index in [-0.39, 0.29) is 12.6 Å². The highest BCUT2D eigenvalue weighted by Crippen LogP contribution is 2.01. The molecule has 0 aliphatic carbocycles. The maximum absolute atomic E-state index is 11.2. The summed E-state index contributed by atoms with van der Waals surface area (Å²) in [6.07, 6.45) is 0. The summed E-state index contributed by atoms with van der Waals surface area (Å²) in [5.41, 5.74) is 6.10. The molecular formula is C10H14N4O3. The number of anilines is 1. The molecule has 92 valence electrons. The van der Waals surface area contributed by atoms with Crippen molar-refractivity contribution < 1.29 is 14.3 Å². The van der Waals surface area contributed by atoms with Gasteiger partial charge in [-0.3, -0.25) is 15.6 Å². The van der Waals surface area contributed by atoms with Gasteiger partial charge in [0, 0.05) is 11.4 Å². The first-order valence-corrected chi connectivity index (χ1v) is 5.08. The molecule has 1 rings (SSSR count). The second kappa shape index (κ2) is 5.78. The van der Waals surface area contributed by atoms with Crippen molar-refractivity contribution in [3.8, 4) is 0 Å². The third-order valence-electron chi connectivity index (χ3n) is 1.73. The Bertz CT molecular complexity index is 413. The Morgan fingerprint density at radius 2 is 1.88 bits per heavy atom. The summed E-state index contributed by atoms with van der Waals surface area (Å²) in [6.45, 7) is 5.36. The summed E-state index contributed by atoms with van der Waals surface area (Å²) in [6, 6.07) is 1.79. The molecule has 0 saturated carbocycles. The summed E-state index contributed by atoms with van der Waals surface area (Å²) in [7, 11) is 0. The number of carbonyl (C=O) groups excluding carboxylic acids is 2. The fraction of sp³-hybridized carbons (Fsp3) is 0.400. The molecule has 1 amide bonds. The van der Waals surface area contributed by atoms with E-state index < -0.39 is 11.9 Å². The van der Waals surface area contributed by atoms with E-state index >= 15 is 0 Å². The lowest BCUT2D eigenvalue weighted by molar-refractivity contribution is -0.154. The third-order valence-corrected chi connectivity index (χ3v) is 1.73. The molecule has 1 aromatic rings. The standard InChI is InChI=1S/C10H14N4O3/c1-4-17-9(16)8(15)13-14-10-11-6(2)5-7(3)12-10/h5H,4H2,1-3H3,(H,13,15)(H,11,12,14). The Kier molecular flexibility index (Phi) is 4.38. The van der Waals surface area contributed by atoms with E-state index in [1.807, 2.05) is 0 Å². The van der Waals surface area contributed by atoms with Gasteiger partial charge in [-0.1, -0.05) is 0 Å². The number of nitrogens with one attached hydrogen (secondary N) is 2. The Morgan fingerprint density at radius 3 is 2.41 bits per heavy atom. The molecule has 0 saturated heterocycles. The average Bonchev–Trinajstić information content (AvgIpc) is 2.25. The van der Waals surface area contributed by atoms with Gasteiger partial charge in [0.25, 0.3) is 0 Å². The summed E-state index contributed by atoms with van der Waals surface area (Å²) in [5, 5.41) is 0. The van der Waals surface area contributed by atoms with Crippen molar-refractivity contribution in [3.63, 3.8) is 0 Å². The van der Waals surface area contributed by atoms with Crippen molar-refractivity contribution in [2.45, 2.75) is 20.8 Å². The molecule has 0 bridgehead atoms. The van der Waals surface area contributed by atoms with E-state index in [1.54, 1.807) is 26.8 Å². The van der Waals surface area contributed by atoms with Crippen LogP contribution in [0.3, 0.4) is 0 Å². The number of aryl methyl sites for hydroxylation is 2. The summed E-state index contributed by atoms with van der Waals surface area (Å²) in [4.78, 5) is 30.2. The van der Waals surface area contributed by atoms with Gasteiger partial charge in [-0.2, -0.15) is 0 Å². The van der Waals surface area contributed by atoms with Crippen LogP contribution in [-0.2, 0) is 14.3 Å². The van der Waals surface area contributed by atoms with Crippen molar-refractivity contribution in [2.24, 2.45) is 0 Å². The minimum absolute atomic E-state index is 0.145. The first kappa shape index (κ1) is 12.9. The highest BCUT2D eigenvalue weighted by Gasteiger charge is 2.14. The largest absolute Gasteiger partial charge is 0.459 e. The van der Waals surface area contributed by atoms with Gasteiger partial charge in [-0.25, -0.2) is 14.8 Å². The molecular weight excluding hydrogens is 224 g/mol. The number of hydrogen-bond donors (Lipinski definition) is 2. The molecule has 7 nitrogen and oxygen atoms in total. The van der Waals surface area contributed by atoms with Crippen LogP contribution in [0.25, 0.3) is 0 Å². The summed E-state index contributed by atoms with van der Waals surface area (Å²) >= 11 is 0. The van der Waals surface area contributed by atoms with E-state index in [4.69, 9.17) is 0 Å². The fourth-order valence-electron chi connectivity index (χ4n) is 1.14. The normalized spacial score (nSPS) is 9.59. The molecule has 2 N–H and O–H groups in total. The molecule has 0 aliphatic rings. The predicted molar refractivity (Wildman–Crippen MR) is 59.9 cm³/mol. The lowest BCUT2D eigenvalue weighted by atomic mass is 10.4. The van der Waals surface area contributed by atoms with Crippen LogP contribution in [0.1, 0.15) is 18.3 Å². The summed E-state index contributed by atoms with van der Waals surface area (Å²) in [5.74, 6) is -1.63. The van der Waals surface area contributed by atoms with Crippen LogP contribution in [0, 0.1) is 13.8 Å². The van der Waals surface area contributed by atoms with Crippen LogP contribution in [0.2, 0.25) is 0 Å². The predicted octanol–water partition coefficient (Wildman–Crippen LogP) is 0.0996. The van der Waals surface area contributed by atoms with E-state index in [9.17, 15) is 9.59 Å². The number of rotatable bonds is 3. The monoisotopic (exact) mass is 238 g/mol. The van der Waals surface area contributed by atoms with Crippen LogP contribution < -0.4 is 10.9 Å². The maximum atomic E-state index is 11.2. The number of hydrogen-bond acceptors (Lipinski definition) is 6. The van der Waals surface area contributed by atoms with Gasteiger partial charge in [-0.15, -0.1) is 0 Å². The van der Waals surface area contributed by atoms with E-state index in [0.717, 1.165) is 11.4 Å². The van der Waals surface area contributed by atoms with Crippen LogP contribution >= 0.6 is 0 Å². The fourth-order valence-corrected chi connectivity index (χ4v) is 1.14. The van der Waals surface area contributed by atoms with Crippen molar-refractivity contribution in [2.75, 3.05) is 12.0 Å². The molecule has 0 aliphatic heterocycles. The van der Waals surface area contributed by atoms with Crippen LogP contribution in [0.15, 0.2) is 6.07 Å². The Balaban J connectivity index is 2.55. The number of esters is 1. The molecule has 1 aromatic heterocycles. The Labute approximate surface area is 98.6 Å². The van der Waals surface area contributed by atoms with Crippen LogP contribution in [-0.4, -0.2) is 28.5 Å². The van der Waals surface area contributed by atoms with E-state index in [1.165, 1.54) is 0 Å². The quantitative estimate of drug-likeness (QED) is 0.440. The molecule has 0 fully saturated rings. The molecule has 1 heterocycles. The number of carbonyl (C=O) groups is 2. The van der Waals surface area contributed by atoms with Gasteiger partial charge in [0.15, 0.2) is 0 Å². The molecule has 0 atom stereocenters. The van der Waals surface area contributed by atoms with Crippen molar-refractivity contribution in [3.05, 3.63) is 17.5 Å². The third kappa shape index (κ3) is 4.06. The molecule has 0 aromatic carbocycles. The van der Waals surface area contributed by atoms with Crippen molar-refractivity contribution in [1.29, 1.82) is 0 Å². The smallest absolute Gasteiger partial charge is 0.398 e. The second-order valence-corrected chi connectivity index (χ2v) is 3.27. The number of amides is 1. The van der Waals surface area contributed by atoms with Gasteiger partial charge in [0.2, 0.25) is 5.95 Å². The highest BCUT2D eigenvalue weighted by molar-refractivity contribution is 6.32. The minimum Gasteiger partial charge on any atom is -0.459 e. The minimum atomic E-state index is -0.954. The topological polar surface area (TPSA) is 93.2 Å². The maximum Gasteiger partial charge on any atom is 0.398 e. The Hall–Kier alpha value is -2.18. The summed E-state index contributed by atoms with van der Waals surface area (Å²) < 4.78 is 4.51. The first-order valence-electron chi connectivity index (χ1n) is 5.08. The lowest BCUT2D eigenvalue weighted by Gasteiger charge is -2.07.